The Hall–Kier alpha value is -2.38. The highest BCUT2D eigenvalue weighted by molar-refractivity contribution is 7.09. The van der Waals surface area contributed by atoms with Crippen LogP contribution in [0.15, 0.2) is 46.8 Å². The second-order valence-corrected chi connectivity index (χ2v) is 8.11. The molecular weight excluding hydrogens is 358 g/mol. The summed E-state index contributed by atoms with van der Waals surface area (Å²) in [6, 6.07) is 7.22. The van der Waals surface area contributed by atoms with Gasteiger partial charge in [0.25, 0.3) is 5.56 Å². The molecule has 0 unspecified atom stereocenters. The van der Waals surface area contributed by atoms with E-state index in [1.165, 1.54) is 5.69 Å². The number of hydrogen-bond donors (Lipinski definition) is 0. The number of likely N-dealkylation sites (tertiary alicyclic amines) is 1. The third-order valence-corrected chi connectivity index (χ3v) is 5.86. The Morgan fingerprint density at radius 3 is 2.63 bits per heavy atom. The van der Waals surface area contributed by atoms with Crippen molar-refractivity contribution < 1.29 is 0 Å². The van der Waals surface area contributed by atoms with E-state index in [4.69, 9.17) is 0 Å². The van der Waals surface area contributed by atoms with Crippen molar-refractivity contribution in [2.45, 2.75) is 32.9 Å². The van der Waals surface area contributed by atoms with Crippen LogP contribution in [0.5, 0.6) is 0 Å². The molecule has 27 heavy (non-hydrogen) atoms. The molecule has 4 heterocycles. The maximum atomic E-state index is 12.3. The van der Waals surface area contributed by atoms with Gasteiger partial charge in [-0.05, 0) is 57.0 Å². The van der Waals surface area contributed by atoms with Crippen molar-refractivity contribution in [3.63, 3.8) is 0 Å². The molecule has 1 fully saturated rings. The van der Waals surface area contributed by atoms with Crippen LogP contribution < -0.4 is 5.56 Å². The zero-order valence-corrected chi connectivity index (χ0v) is 16.2. The average molecular weight is 382 g/mol. The van der Waals surface area contributed by atoms with E-state index in [0.29, 0.717) is 12.5 Å². The molecule has 0 amide bonds. The second-order valence-electron chi connectivity index (χ2n) is 7.05. The summed E-state index contributed by atoms with van der Waals surface area (Å²) < 4.78 is 1.62. The SMILES string of the molecule is Cc1nc(CN2CCC(Cn3nc(-c4ccncc4)ccc3=O)CC2)cs1. The van der Waals surface area contributed by atoms with Crippen LogP contribution in [0.4, 0.5) is 0 Å². The van der Waals surface area contributed by atoms with Crippen LogP contribution in [-0.2, 0) is 13.1 Å². The Kier molecular flexibility index (Phi) is 5.40. The van der Waals surface area contributed by atoms with Crippen molar-refractivity contribution in [1.82, 2.24) is 24.6 Å². The molecular formula is C20H23N5OS. The standard InChI is InChI=1S/C20H23N5OS/c1-15-22-18(14-27-15)13-24-10-6-16(7-11-24)12-25-20(26)3-2-19(23-25)17-4-8-21-9-5-17/h2-5,8-9,14,16H,6-7,10-13H2,1H3. The smallest absolute Gasteiger partial charge is 0.266 e. The topological polar surface area (TPSA) is 63.9 Å². The Morgan fingerprint density at radius 2 is 1.93 bits per heavy atom. The summed E-state index contributed by atoms with van der Waals surface area (Å²) in [5.74, 6) is 0.483. The summed E-state index contributed by atoms with van der Waals surface area (Å²) in [5, 5.41) is 7.85. The van der Waals surface area contributed by atoms with E-state index in [0.717, 1.165) is 48.7 Å². The van der Waals surface area contributed by atoms with Crippen molar-refractivity contribution in [2.75, 3.05) is 13.1 Å². The quantitative estimate of drug-likeness (QED) is 0.680. The molecule has 6 nitrogen and oxygen atoms in total. The molecule has 7 heteroatoms. The maximum Gasteiger partial charge on any atom is 0.266 e. The lowest BCUT2D eigenvalue weighted by molar-refractivity contribution is 0.162. The van der Waals surface area contributed by atoms with E-state index < -0.39 is 0 Å². The van der Waals surface area contributed by atoms with E-state index in [1.54, 1.807) is 40.5 Å². The fourth-order valence-corrected chi connectivity index (χ4v) is 4.14. The summed E-state index contributed by atoms with van der Waals surface area (Å²) in [4.78, 5) is 23.3. The molecule has 0 spiro atoms. The molecule has 1 aliphatic rings. The largest absolute Gasteiger partial charge is 0.297 e. The minimum atomic E-state index is -0.0341. The number of hydrogen-bond acceptors (Lipinski definition) is 6. The van der Waals surface area contributed by atoms with Gasteiger partial charge in [-0.2, -0.15) is 5.10 Å². The van der Waals surface area contributed by atoms with Gasteiger partial charge in [0, 0.05) is 42.5 Å². The van der Waals surface area contributed by atoms with Gasteiger partial charge in [-0.25, -0.2) is 9.67 Å². The predicted octanol–water partition coefficient (Wildman–Crippen LogP) is 2.98. The van der Waals surface area contributed by atoms with Gasteiger partial charge in [0.1, 0.15) is 0 Å². The second kappa shape index (κ2) is 8.10. The number of piperidine rings is 1. The average Bonchev–Trinajstić information content (AvgIpc) is 3.10. The van der Waals surface area contributed by atoms with Crippen molar-refractivity contribution in [3.05, 3.63) is 63.1 Å². The number of nitrogens with zero attached hydrogens (tertiary/aromatic N) is 5. The van der Waals surface area contributed by atoms with Gasteiger partial charge in [-0.3, -0.25) is 14.7 Å². The van der Waals surface area contributed by atoms with E-state index in [2.05, 4.69) is 25.3 Å². The van der Waals surface area contributed by atoms with Crippen LogP contribution >= 0.6 is 11.3 Å². The highest BCUT2D eigenvalue weighted by Gasteiger charge is 2.21. The normalized spacial score (nSPS) is 15.9. The summed E-state index contributed by atoms with van der Waals surface area (Å²) in [6.45, 7) is 5.74. The van der Waals surface area contributed by atoms with E-state index >= 15 is 0 Å². The number of aryl methyl sites for hydroxylation is 1. The summed E-state index contributed by atoms with van der Waals surface area (Å²) in [7, 11) is 0. The highest BCUT2D eigenvalue weighted by Crippen LogP contribution is 2.21. The molecule has 0 atom stereocenters. The van der Waals surface area contributed by atoms with Gasteiger partial charge in [0.05, 0.1) is 16.4 Å². The molecule has 0 N–H and O–H groups in total. The van der Waals surface area contributed by atoms with Gasteiger partial charge in [0.15, 0.2) is 0 Å². The molecule has 0 bridgehead atoms. The first-order valence-corrected chi connectivity index (χ1v) is 10.2. The molecule has 3 aromatic rings. The number of thiazole rings is 1. The fraction of sp³-hybridized carbons (Fsp3) is 0.400. The minimum Gasteiger partial charge on any atom is -0.297 e. The van der Waals surface area contributed by atoms with Gasteiger partial charge < -0.3 is 0 Å². The number of pyridine rings is 1. The zero-order valence-electron chi connectivity index (χ0n) is 15.4. The van der Waals surface area contributed by atoms with E-state index in [9.17, 15) is 4.79 Å². The lowest BCUT2D eigenvalue weighted by atomic mass is 9.97. The Morgan fingerprint density at radius 1 is 1.15 bits per heavy atom. The van der Waals surface area contributed by atoms with Crippen LogP contribution in [0, 0.1) is 12.8 Å². The van der Waals surface area contributed by atoms with Crippen molar-refractivity contribution >= 4 is 11.3 Å². The summed E-state index contributed by atoms with van der Waals surface area (Å²) in [5.41, 5.74) is 2.92. The van der Waals surface area contributed by atoms with Crippen LogP contribution in [-0.4, -0.2) is 37.7 Å². The van der Waals surface area contributed by atoms with Crippen LogP contribution in [0.1, 0.15) is 23.5 Å². The molecule has 0 radical (unpaired) electrons. The maximum absolute atomic E-state index is 12.3. The molecule has 1 aliphatic heterocycles. The van der Waals surface area contributed by atoms with Crippen LogP contribution in [0.25, 0.3) is 11.3 Å². The Bertz CT molecular complexity index is 944. The van der Waals surface area contributed by atoms with E-state index in [-0.39, 0.29) is 5.56 Å². The van der Waals surface area contributed by atoms with Crippen LogP contribution in [0.3, 0.4) is 0 Å². The summed E-state index contributed by atoms with van der Waals surface area (Å²) >= 11 is 1.71. The van der Waals surface area contributed by atoms with Crippen LogP contribution in [0.2, 0.25) is 0 Å². The molecule has 0 aromatic carbocycles. The third kappa shape index (κ3) is 4.48. The third-order valence-electron chi connectivity index (χ3n) is 5.03. The molecule has 0 saturated carbocycles. The first kappa shape index (κ1) is 18.0. The van der Waals surface area contributed by atoms with Gasteiger partial charge >= 0.3 is 0 Å². The first-order chi connectivity index (χ1) is 13.2. The number of aromatic nitrogens is 4. The highest BCUT2D eigenvalue weighted by atomic mass is 32.1. The van der Waals surface area contributed by atoms with Gasteiger partial charge in [-0.15, -0.1) is 11.3 Å². The Balaban J connectivity index is 1.38. The lowest BCUT2D eigenvalue weighted by Gasteiger charge is -2.31. The molecule has 4 rings (SSSR count). The Labute approximate surface area is 162 Å². The van der Waals surface area contributed by atoms with Gasteiger partial charge in [-0.1, -0.05) is 0 Å². The zero-order chi connectivity index (χ0) is 18.6. The molecule has 140 valence electrons. The van der Waals surface area contributed by atoms with Crippen molar-refractivity contribution in [3.8, 4) is 11.3 Å². The first-order valence-electron chi connectivity index (χ1n) is 9.29. The minimum absolute atomic E-state index is 0.0341. The molecule has 1 saturated heterocycles. The molecule has 0 aliphatic carbocycles. The number of rotatable bonds is 5. The fourth-order valence-electron chi connectivity index (χ4n) is 3.54. The van der Waals surface area contributed by atoms with Crippen molar-refractivity contribution in [2.24, 2.45) is 5.92 Å². The predicted molar refractivity (Wildman–Crippen MR) is 107 cm³/mol. The summed E-state index contributed by atoms with van der Waals surface area (Å²) in [6.07, 6.45) is 5.64. The van der Waals surface area contributed by atoms with Gasteiger partial charge in [0.2, 0.25) is 0 Å². The molecule has 3 aromatic heterocycles. The lowest BCUT2D eigenvalue weighted by Crippen LogP contribution is -2.36. The van der Waals surface area contributed by atoms with E-state index in [1.807, 2.05) is 19.1 Å². The van der Waals surface area contributed by atoms with Crippen molar-refractivity contribution in [1.29, 1.82) is 0 Å². The monoisotopic (exact) mass is 381 g/mol.